The van der Waals surface area contributed by atoms with Crippen LogP contribution in [0.5, 0.6) is 0 Å². The zero-order valence-corrected chi connectivity index (χ0v) is 9.68. The molecule has 0 aromatic heterocycles. The Morgan fingerprint density at radius 1 is 1.37 bits per heavy atom. The van der Waals surface area contributed by atoms with Crippen LogP contribution in [0.1, 0.15) is 5.56 Å². The van der Waals surface area contributed by atoms with Gasteiger partial charge in [-0.2, -0.15) is 13.2 Å². The SMILES string of the molecule is Cc1ccc(F)c(NCC(C(=O)O)C(F)(F)F)c1F. The summed E-state index contributed by atoms with van der Waals surface area (Å²) in [4.78, 5) is 10.5. The van der Waals surface area contributed by atoms with Gasteiger partial charge in [-0.25, -0.2) is 8.78 Å². The molecule has 0 amide bonds. The van der Waals surface area contributed by atoms with Crippen molar-refractivity contribution in [2.24, 2.45) is 5.92 Å². The highest BCUT2D eigenvalue weighted by Gasteiger charge is 2.45. The first kappa shape index (κ1) is 15.2. The average molecular weight is 283 g/mol. The fourth-order valence-corrected chi connectivity index (χ4v) is 1.37. The normalized spacial score (nSPS) is 13.2. The molecule has 1 rings (SSSR count). The lowest BCUT2D eigenvalue weighted by molar-refractivity contribution is -0.190. The molecular formula is C11H10F5NO2. The number of alkyl halides is 3. The van der Waals surface area contributed by atoms with Gasteiger partial charge in [-0.15, -0.1) is 0 Å². The number of aryl methyl sites for hydroxylation is 1. The van der Waals surface area contributed by atoms with Crippen LogP contribution in [0.3, 0.4) is 0 Å². The molecule has 0 heterocycles. The lowest BCUT2D eigenvalue weighted by Crippen LogP contribution is -2.36. The predicted molar refractivity (Wildman–Crippen MR) is 56.8 cm³/mol. The van der Waals surface area contributed by atoms with Crippen molar-refractivity contribution in [1.29, 1.82) is 0 Å². The molecule has 1 unspecified atom stereocenters. The van der Waals surface area contributed by atoms with E-state index in [1.807, 2.05) is 5.32 Å². The molecular weight excluding hydrogens is 273 g/mol. The third-order valence-electron chi connectivity index (χ3n) is 2.46. The van der Waals surface area contributed by atoms with Gasteiger partial charge in [-0.3, -0.25) is 4.79 Å². The number of halogens is 5. The molecule has 1 aromatic rings. The number of nitrogens with one attached hydrogen (secondary N) is 1. The lowest BCUT2D eigenvalue weighted by Gasteiger charge is -2.18. The van der Waals surface area contributed by atoms with E-state index in [-0.39, 0.29) is 5.56 Å². The summed E-state index contributed by atoms with van der Waals surface area (Å²) in [6.07, 6.45) is -5.00. The van der Waals surface area contributed by atoms with Crippen molar-refractivity contribution in [2.75, 3.05) is 11.9 Å². The molecule has 0 aliphatic rings. The summed E-state index contributed by atoms with van der Waals surface area (Å²) >= 11 is 0. The highest BCUT2D eigenvalue weighted by atomic mass is 19.4. The summed E-state index contributed by atoms with van der Waals surface area (Å²) in [5.41, 5.74) is -0.738. The topological polar surface area (TPSA) is 49.3 Å². The molecule has 0 aliphatic heterocycles. The van der Waals surface area contributed by atoms with Gasteiger partial charge in [0, 0.05) is 6.54 Å². The van der Waals surface area contributed by atoms with Crippen molar-refractivity contribution >= 4 is 11.7 Å². The summed E-state index contributed by atoms with van der Waals surface area (Å²) in [7, 11) is 0. The Hall–Kier alpha value is -1.86. The van der Waals surface area contributed by atoms with Crippen LogP contribution in [0.4, 0.5) is 27.6 Å². The van der Waals surface area contributed by atoms with Crippen LogP contribution in [0.2, 0.25) is 0 Å². The van der Waals surface area contributed by atoms with E-state index in [0.717, 1.165) is 12.1 Å². The minimum absolute atomic E-state index is 0.0304. The molecule has 0 bridgehead atoms. The van der Waals surface area contributed by atoms with Gasteiger partial charge in [0.15, 0.2) is 11.7 Å². The standard InChI is InChI=1S/C11H10F5NO2/c1-5-2-3-7(12)9(8(5)13)17-4-6(10(18)19)11(14,15)16/h2-3,6,17H,4H2,1H3,(H,18,19). The molecule has 19 heavy (non-hydrogen) atoms. The molecule has 0 aliphatic carbocycles. The molecule has 8 heteroatoms. The van der Waals surface area contributed by atoms with E-state index in [1.54, 1.807) is 0 Å². The molecule has 2 N–H and O–H groups in total. The second kappa shape index (κ2) is 5.41. The molecule has 1 aromatic carbocycles. The maximum Gasteiger partial charge on any atom is 0.403 e. The van der Waals surface area contributed by atoms with Crippen molar-refractivity contribution in [3.8, 4) is 0 Å². The highest BCUT2D eigenvalue weighted by molar-refractivity contribution is 5.72. The van der Waals surface area contributed by atoms with Crippen LogP contribution < -0.4 is 5.32 Å². The fraction of sp³-hybridized carbons (Fsp3) is 0.364. The van der Waals surface area contributed by atoms with Crippen LogP contribution in [0.15, 0.2) is 12.1 Å². The largest absolute Gasteiger partial charge is 0.481 e. The number of hydrogen-bond acceptors (Lipinski definition) is 2. The van der Waals surface area contributed by atoms with E-state index in [4.69, 9.17) is 5.11 Å². The van der Waals surface area contributed by atoms with Crippen LogP contribution >= 0.6 is 0 Å². The zero-order valence-electron chi connectivity index (χ0n) is 9.68. The second-order valence-corrected chi connectivity index (χ2v) is 3.87. The molecule has 1 atom stereocenters. The highest BCUT2D eigenvalue weighted by Crippen LogP contribution is 2.28. The molecule has 106 valence electrons. The maximum absolute atomic E-state index is 13.5. The third-order valence-corrected chi connectivity index (χ3v) is 2.46. The van der Waals surface area contributed by atoms with Gasteiger partial charge < -0.3 is 10.4 Å². The van der Waals surface area contributed by atoms with E-state index < -0.39 is 41.9 Å². The molecule has 0 radical (unpaired) electrons. The first-order chi connectivity index (χ1) is 8.64. The number of carboxylic acids is 1. The minimum atomic E-state index is -5.00. The molecule has 0 fully saturated rings. The molecule has 0 saturated heterocycles. The van der Waals surface area contributed by atoms with E-state index in [0.29, 0.717) is 0 Å². The summed E-state index contributed by atoms with van der Waals surface area (Å²) in [6.45, 7) is 0.147. The monoisotopic (exact) mass is 283 g/mol. The quantitative estimate of drug-likeness (QED) is 0.835. The average Bonchev–Trinajstić information content (AvgIpc) is 2.26. The Labute approximate surface area is 105 Å². The first-order valence-electron chi connectivity index (χ1n) is 5.12. The van der Waals surface area contributed by atoms with Crippen LogP contribution in [-0.4, -0.2) is 23.8 Å². The second-order valence-electron chi connectivity index (χ2n) is 3.87. The smallest absolute Gasteiger partial charge is 0.403 e. The predicted octanol–water partition coefficient (Wildman–Crippen LogP) is 2.95. The fourth-order valence-electron chi connectivity index (χ4n) is 1.37. The summed E-state index contributed by atoms with van der Waals surface area (Å²) in [5.74, 6) is -7.00. The first-order valence-corrected chi connectivity index (χ1v) is 5.12. The summed E-state index contributed by atoms with van der Waals surface area (Å²) in [6, 6.07) is 2.00. The number of benzene rings is 1. The van der Waals surface area contributed by atoms with Crippen LogP contribution in [0.25, 0.3) is 0 Å². The Balaban J connectivity index is 2.93. The van der Waals surface area contributed by atoms with Crippen molar-refractivity contribution < 1.29 is 31.9 Å². The number of carbonyl (C=O) groups is 1. The molecule has 0 spiro atoms. The van der Waals surface area contributed by atoms with Crippen molar-refractivity contribution in [3.05, 3.63) is 29.3 Å². The minimum Gasteiger partial charge on any atom is -0.481 e. The number of rotatable bonds is 4. The van der Waals surface area contributed by atoms with E-state index in [1.165, 1.54) is 6.92 Å². The number of carboxylic acid groups (broad SMARTS) is 1. The van der Waals surface area contributed by atoms with Crippen molar-refractivity contribution in [1.82, 2.24) is 0 Å². The zero-order chi connectivity index (χ0) is 14.8. The van der Waals surface area contributed by atoms with Gasteiger partial charge in [0.1, 0.15) is 11.5 Å². The number of aliphatic carboxylic acids is 1. The van der Waals surface area contributed by atoms with Crippen LogP contribution in [0, 0.1) is 24.5 Å². The Bertz CT molecular complexity index is 487. The summed E-state index contributed by atoms with van der Waals surface area (Å²) in [5, 5.41) is 10.3. The van der Waals surface area contributed by atoms with Crippen molar-refractivity contribution in [2.45, 2.75) is 13.1 Å². The Morgan fingerprint density at radius 2 is 1.95 bits per heavy atom. The van der Waals surface area contributed by atoms with Gasteiger partial charge in [0.2, 0.25) is 0 Å². The van der Waals surface area contributed by atoms with Crippen molar-refractivity contribution in [3.63, 3.8) is 0 Å². The number of anilines is 1. The summed E-state index contributed by atoms with van der Waals surface area (Å²) < 4.78 is 63.8. The molecule has 0 saturated carbocycles. The van der Waals surface area contributed by atoms with E-state index >= 15 is 0 Å². The van der Waals surface area contributed by atoms with Crippen LogP contribution in [-0.2, 0) is 4.79 Å². The maximum atomic E-state index is 13.5. The van der Waals surface area contributed by atoms with Gasteiger partial charge in [-0.05, 0) is 18.6 Å². The van der Waals surface area contributed by atoms with Gasteiger partial charge in [0.25, 0.3) is 0 Å². The number of hydrogen-bond donors (Lipinski definition) is 2. The Morgan fingerprint density at radius 3 is 2.42 bits per heavy atom. The van der Waals surface area contributed by atoms with E-state index in [9.17, 15) is 26.7 Å². The van der Waals surface area contributed by atoms with Gasteiger partial charge >= 0.3 is 12.1 Å². The lowest BCUT2D eigenvalue weighted by atomic mass is 10.1. The Kier molecular flexibility index (Phi) is 4.33. The van der Waals surface area contributed by atoms with E-state index in [2.05, 4.69) is 0 Å². The van der Waals surface area contributed by atoms with Gasteiger partial charge in [0.05, 0.1) is 0 Å². The molecule has 3 nitrogen and oxygen atoms in total. The third kappa shape index (κ3) is 3.55. The van der Waals surface area contributed by atoms with Gasteiger partial charge in [-0.1, -0.05) is 6.07 Å².